The van der Waals surface area contributed by atoms with Crippen molar-refractivity contribution in [2.75, 3.05) is 27.3 Å². The highest BCUT2D eigenvalue weighted by Crippen LogP contribution is 2.40. The molecule has 27 heavy (non-hydrogen) atoms. The van der Waals surface area contributed by atoms with Crippen LogP contribution in [0.25, 0.3) is 11.0 Å². The van der Waals surface area contributed by atoms with E-state index in [4.69, 9.17) is 4.74 Å². The summed E-state index contributed by atoms with van der Waals surface area (Å²) in [5.41, 5.74) is 0.357. The van der Waals surface area contributed by atoms with E-state index in [0.29, 0.717) is 43.2 Å². The summed E-state index contributed by atoms with van der Waals surface area (Å²) in [7, 11) is 3.32. The lowest BCUT2D eigenvalue weighted by Gasteiger charge is -2.19. The van der Waals surface area contributed by atoms with Crippen LogP contribution >= 0.6 is 0 Å². The van der Waals surface area contributed by atoms with Crippen molar-refractivity contribution in [1.82, 2.24) is 19.4 Å². The minimum Gasteiger partial charge on any atom is -0.385 e. The third-order valence-corrected chi connectivity index (χ3v) is 4.83. The van der Waals surface area contributed by atoms with Gasteiger partial charge in [0, 0.05) is 45.5 Å². The van der Waals surface area contributed by atoms with Gasteiger partial charge in [-0.25, -0.2) is 9.78 Å². The molecule has 0 unspecified atom stereocenters. The molecule has 1 fully saturated rings. The smallest absolute Gasteiger partial charge is 0.329 e. The first-order valence-corrected chi connectivity index (χ1v) is 9.40. The second-order valence-electron chi connectivity index (χ2n) is 7.05. The van der Waals surface area contributed by atoms with Gasteiger partial charge in [0.1, 0.15) is 0 Å². The zero-order chi connectivity index (χ0) is 19.6. The van der Waals surface area contributed by atoms with Gasteiger partial charge >= 0.3 is 5.69 Å². The SMILES string of the molecule is CCCn1c(=O)[nH]c(=O)c2c(C(=O)N(C)CCCOC)cc(C3CC3)nc21. The topological polar surface area (TPSA) is 97.3 Å². The molecule has 1 saturated carbocycles. The number of hydrogen-bond donors (Lipinski definition) is 1. The van der Waals surface area contributed by atoms with Crippen molar-refractivity contribution in [1.29, 1.82) is 0 Å². The largest absolute Gasteiger partial charge is 0.385 e. The minimum atomic E-state index is -0.564. The summed E-state index contributed by atoms with van der Waals surface area (Å²) in [5, 5.41) is 0.191. The first kappa shape index (κ1) is 19.3. The number of rotatable bonds is 8. The van der Waals surface area contributed by atoms with Crippen molar-refractivity contribution < 1.29 is 9.53 Å². The minimum absolute atomic E-state index is 0.191. The Hall–Kier alpha value is -2.48. The summed E-state index contributed by atoms with van der Waals surface area (Å²) < 4.78 is 6.50. The van der Waals surface area contributed by atoms with Gasteiger partial charge in [-0.05, 0) is 31.7 Å². The molecule has 0 bridgehead atoms. The quantitative estimate of drug-likeness (QED) is 0.706. The van der Waals surface area contributed by atoms with E-state index in [1.807, 2.05) is 6.92 Å². The van der Waals surface area contributed by atoms with Crippen molar-refractivity contribution in [3.8, 4) is 0 Å². The molecule has 0 aliphatic heterocycles. The van der Waals surface area contributed by atoms with Gasteiger partial charge in [0.25, 0.3) is 11.5 Å². The Morgan fingerprint density at radius 1 is 1.41 bits per heavy atom. The second-order valence-corrected chi connectivity index (χ2v) is 7.05. The van der Waals surface area contributed by atoms with Crippen molar-refractivity contribution in [2.45, 2.75) is 45.1 Å². The lowest BCUT2D eigenvalue weighted by molar-refractivity contribution is 0.0781. The number of aromatic amines is 1. The molecule has 3 rings (SSSR count). The molecule has 1 aliphatic rings. The molecular formula is C19H26N4O4. The molecule has 0 spiro atoms. The van der Waals surface area contributed by atoms with Crippen molar-refractivity contribution in [3.05, 3.63) is 38.2 Å². The van der Waals surface area contributed by atoms with Crippen LogP contribution in [0.3, 0.4) is 0 Å². The Morgan fingerprint density at radius 2 is 2.15 bits per heavy atom. The zero-order valence-electron chi connectivity index (χ0n) is 16.1. The predicted molar refractivity (Wildman–Crippen MR) is 102 cm³/mol. The van der Waals surface area contributed by atoms with Gasteiger partial charge in [0.15, 0.2) is 5.65 Å². The lowest BCUT2D eigenvalue weighted by Crippen LogP contribution is -2.34. The second kappa shape index (κ2) is 8.04. The third-order valence-electron chi connectivity index (χ3n) is 4.83. The Labute approximate surface area is 157 Å². The van der Waals surface area contributed by atoms with Crippen LogP contribution in [0.5, 0.6) is 0 Å². The molecule has 0 saturated heterocycles. The maximum atomic E-state index is 13.1. The van der Waals surface area contributed by atoms with Crippen molar-refractivity contribution in [2.24, 2.45) is 0 Å². The molecule has 2 aromatic heterocycles. The molecule has 1 N–H and O–H groups in total. The van der Waals surface area contributed by atoms with Crippen molar-refractivity contribution >= 4 is 16.9 Å². The molecule has 0 aromatic carbocycles. The van der Waals surface area contributed by atoms with Gasteiger partial charge in [0.2, 0.25) is 0 Å². The number of ether oxygens (including phenoxy) is 1. The van der Waals surface area contributed by atoms with Crippen LogP contribution in [0, 0.1) is 0 Å². The molecule has 1 aliphatic carbocycles. The number of carbonyl (C=O) groups excluding carboxylic acids is 1. The molecule has 8 heteroatoms. The number of aryl methyl sites for hydroxylation is 1. The summed E-state index contributed by atoms with van der Waals surface area (Å²) in [6, 6.07) is 1.73. The third kappa shape index (κ3) is 3.95. The fourth-order valence-electron chi connectivity index (χ4n) is 3.23. The van der Waals surface area contributed by atoms with Crippen LogP contribution in [-0.4, -0.2) is 52.7 Å². The van der Waals surface area contributed by atoms with E-state index in [0.717, 1.165) is 25.0 Å². The molecule has 0 atom stereocenters. The first-order valence-electron chi connectivity index (χ1n) is 9.40. The average molecular weight is 374 g/mol. The normalized spacial score (nSPS) is 13.9. The number of nitrogens with zero attached hydrogens (tertiary/aromatic N) is 3. The number of hydrogen-bond acceptors (Lipinski definition) is 5. The van der Waals surface area contributed by atoms with Crippen LogP contribution in [0.2, 0.25) is 0 Å². The van der Waals surface area contributed by atoms with Crippen molar-refractivity contribution in [3.63, 3.8) is 0 Å². The fraction of sp³-hybridized carbons (Fsp3) is 0.579. The molecule has 0 radical (unpaired) electrons. The standard InChI is InChI=1S/C19H26N4O4/c1-4-8-23-16-15(17(24)21-19(23)26)13(11-14(20-16)12-6-7-12)18(25)22(2)9-5-10-27-3/h11-12H,4-10H2,1-3H3,(H,21,24,26). The summed E-state index contributed by atoms with van der Waals surface area (Å²) >= 11 is 0. The molecular weight excluding hydrogens is 348 g/mol. The van der Waals surface area contributed by atoms with E-state index in [9.17, 15) is 14.4 Å². The number of methoxy groups -OCH3 is 1. The number of pyridine rings is 1. The molecule has 2 aromatic rings. The monoisotopic (exact) mass is 374 g/mol. The summed E-state index contributed by atoms with van der Waals surface area (Å²) in [6.07, 6.45) is 3.44. The van der Waals surface area contributed by atoms with E-state index in [1.54, 1.807) is 25.1 Å². The van der Waals surface area contributed by atoms with Crippen LogP contribution in [0.4, 0.5) is 0 Å². The maximum absolute atomic E-state index is 13.1. The summed E-state index contributed by atoms with van der Waals surface area (Å²) in [5.74, 6) is 0.0526. The Bertz CT molecular complexity index is 959. The Morgan fingerprint density at radius 3 is 2.78 bits per heavy atom. The van der Waals surface area contributed by atoms with Gasteiger partial charge < -0.3 is 9.64 Å². The Kier molecular flexibility index (Phi) is 5.74. The number of amides is 1. The van der Waals surface area contributed by atoms with E-state index >= 15 is 0 Å². The number of aromatic nitrogens is 3. The van der Waals surface area contributed by atoms with Crippen LogP contribution < -0.4 is 11.2 Å². The Balaban J connectivity index is 2.16. The highest BCUT2D eigenvalue weighted by Gasteiger charge is 2.29. The van der Waals surface area contributed by atoms with E-state index < -0.39 is 11.2 Å². The van der Waals surface area contributed by atoms with Crippen LogP contribution in [0.15, 0.2) is 15.7 Å². The van der Waals surface area contributed by atoms with Crippen LogP contribution in [-0.2, 0) is 11.3 Å². The van der Waals surface area contributed by atoms with Gasteiger partial charge in [-0.15, -0.1) is 0 Å². The predicted octanol–water partition coefficient (Wildman–Crippen LogP) is 1.48. The van der Waals surface area contributed by atoms with Gasteiger partial charge in [-0.2, -0.15) is 0 Å². The van der Waals surface area contributed by atoms with Crippen LogP contribution in [0.1, 0.15) is 54.6 Å². The number of fused-ring (bicyclic) bond motifs is 1. The maximum Gasteiger partial charge on any atom is 0.329 e. The average Bonchev–Trinajstić information content (AvgIpc) is 3.48. The van der Waals surface area contributed by atoms with E-state index in [2.05, 4.69) is 9.97 Å². The van der Waals surface area contributed by atoms with E-state index in [1.165, 1.54) is 4.57 Å². The van der Waals surface area contributed by atoms with Gasteiger partial charge in [-0.1, -0.05) is 6.92 Å². The summed E-state index contributed by atoms with van der Waals surface area (Å²) in [6.45, 7) is 3.45. The summed E-state index contributed by atoms with van der Waals surface area (Å²) in [4.78, 5) is 46.4. The lowest BCUT2D eigenvalue weighted by atomic mass is 10.1. The molecule has 8 nitrogen and oxygen atoms in total. The molecule has 146 valence electrons. The highest BCUT2D eigenvalue weighted by molar-refractivity contribution is 6.05. The van der Waals surface area contributed by atoms with Gasteiger partial charge in [-0.3, -0.25) is 19.1 Å². The van der Waals surface area contributed by atoms with E-state index in [-0.39, 0.29) is 11.3 Å². The number of nitrogens with one attached hydrogen (secondary N) is 1. The van der Waals surface area contributed by atoms with Gasteiger partial charge in [0.05, 0.1) is 10.9 Å². The molecule has 2 heterocycles. The number of carbonyl (C=O) groups is 1. The fourth-order valence-corrected chi connectivity index (χ4v) is 3.23. The first-order chi connectivity index (χ1) is 13.0. The molecule has 1 amide bonds. The highest BCUT2D eigenvalue weighted by atomic mass is 16.5. The zero-order valence-corrected chi connectivity index (χ0v) is 16.1. The number of H-pyrrole nitrogens is 1.